The Morgan fingerprint density at radius 3 is 2.60 bits per heavy atom. The van der Waals surface area contributed by atoms with Crippen molar-refractivity contribution >= 4 is 40.7 Å². The Bertz CT molecular complexity index is 1020. The summed E-state index contributed by atoms with van der Waals surface area (Å²) in [5, 5.41) is 5.91. The van der Waals surface area contributed by atoms with E-state index in [1.54, 1.807) is 11.8 Å². The van der Waals surface area contributed by atoms with E-state index in [2.05, 4.69) is 27.3 Å². The van der Waals surface area contributed by atoms with Gasteiger partial charge in [-0.3, -0.25) is 4.98 Å². The minimum atomic E-state index is -0.0289. The van der Waals surface area contributed by atoms with Crippen molar-refractivity contribution in [2.75, 3.05) is 0 Å². The van der Waals surface area contributed by atoms with Gasteiger partial charge in [0.05, 0.1) is 11.7 Å². The van der Waals surface area contributed by atoms with Gasteiger partial charge in [0.25, 0.3) is 0 Å². The zero-order chi connectivity index (χ0) is 20.5. The van der Waals surface area contributed by atoms with Crippen molar-refractivity contribution in [2.45, 2.75) is 53.8 Å². The van der Waals surface area contributed by atoms with Gasteiger partial charge in [-0.25, -0.2) is 0 Å². The lowest BCUT2D eigenvalue weighted by atomic mass is 10.0. The molecule has 7 heteroatoms. The molecule has 0 amide bonds. The van der Waals surface area contributed by atoms with E-state index in [1.807, 2.05) is 48.7 Å². The molecule has 0 bridgehead atoms. The van der Waals surface area contributed by atoms with E-state index in [1.165, 1.54) is 25.7 Å². The molecule has 3 heterocycles. The van der Waals surface area contributed by atoms with Crippen molar-refractivity contribution in [3.63, 3.8) is 0 Å². The summed E-state index contributed by atoms with van der Waals surface area (Å²) in [7, 11) is 0. The molecule has 2 aliphatic rings. The number of rotatable bonds is 5. The van der Waals surface area contributed by atoms with Gasteiger partial charge in [0.2, 0.25) is 0 Å². The number of aromatic nitrogens is 1. The number of pyridine rings is 1. The Labute approximate surface area is 191 Å². The standard InChI is InChI=1S/C23H22ClN3OS2/c24-15-8-10-17(11-9-15)30-20-13-12-19(28-20)22-21(18-7-3-4-14-25-18)26-23(29)27(22)16-5-1-2-6-16/h3-4,7-14,16,21-22H,1-2,5-6H2,(H,26,29)/t21-,22-/m0/s1. The summed E-state index contributed by atoms with van der Waals surface area (Å²) in [6.45, 7) is 0. The van der Waals surface area contributed by atoms with Crippen LogP contribution in [0, 0.1) is 0 Å². The van der Waals surface area contributed by atoms with Gasteiger partial charge < -0.3 is 14.6 Å². The molecule has 2 atom stereocenters. The maximum absolute atomic E-state index is 6.35. The summed E-state index contributed by atoms with van der Waals surface area (Å²) in [6.07, 6.45) is 6.67. The lowest BCUT2D eigenvalue weighted by molar-refractivity contribution is 0.210. The fraction of sp³-hybridized carbons (Fsp3) is 0.304. The molecule has 154 valence electrons. The van der Waals surface area contributed by atoms with Crippen molar-refractivity contribution < 1.29 is 4.42 Å². The van der Waals surface area contributed by atoms with Gasteiger partial charge in [0, 0.05) is 22.2 Å². The molecule has 5 rings (SSSR count). The molecular weight excluding hydrogens is 434 g/mol. The third-order valence-electron chi connectivity index (χ3n) is 5.78. The van der Waals surface area contributed by atoms with Crippen LogP contribution in [0.1, 0.15) is 49.2 Å². The topological polar surface area (TPSA) is 41.3 Å². The molecular formula is C23H22ClN3OS2. The van der Waals surface area contributed by atoms with Crippen molar-refractivity contribution in [2.24, 2.45) is 0 Å². The van der Waals surface area contributed by atoms with Gasteiger partial charge in [0.1, 0.15) is 11.8 Å². The number of furan rings is 1. The highest BCUT2D eigenvalue weighted by atomic mass is 35.5. The third kappa shape index (κ3) is 3.96. The summed E-state index contributed by atoms with van der Waals surface area (Å²) < 4.78 is 6.35. The number of hydrogen-bond donors (Lipinski definition) is 1. The van der Waals surface area contributed by atoms with Crippen LogP contribution in [0.15, 0.2) is 75.2 Å². The fourth-order valence-electron chi connectivity index (χ4n) is 4.41. The average molecular weight is 456 g/mol. The number of benzene rings is 1. The zero-order valence-electron chi connectivity index (χ0n) is 16.3. The van der Waals surface area contributed by atoms with Gasteiger partial charge in [-0.05, 0) is 73.6 Å². The van der Waals surface area contributed by atoms with E-state index >= 15 is 0 Å². The Morgan fingerprint density at radius 2 is 1.87 bits per heavy atom. The monoisotopic (exact) mass is 455 g/mol. The SMILES string of the molecule is S=C1N[C@@H](c2ccccn2)[C@H](c2ccc(Sc3ccc(Cl)cc3)o2)N1C1CCCC1. The molecule has 0 unspecified atom stereocenters. The molecule has 0 radical (unpaired) electrons. The first-order valence-electron chi connectivity index (χ1n) is 10.2. The maximum Gasteiger partial charge on any atom is 0.170 e. The molecule has 0 spiro atoms. The van der Waals surface area contributed by atoms with Crippen LogP contribution in [0.5, 0.6) is 0 Å². The molecule has 4 nitrogen and oxygen atoms in total. The van der Waals surface area contributed by atoms with Crippen LogP contribution in [0.3, 0.4) is 0 Å². The normalized spacial score (nSPS) is 21.9. The number of halogens is 1. The van der Waals surface area contributed by atoms with Crippen LogP contribution in [-0.2, 0) is 0 Å². The molecule has 1 saturated heterocycles. The highest BCUT2D eigenvalue weighted by Crippen LogP contribution is 2.44. The van der Waals surface area contributed by atoms with E-state index in [-0.39, 0.29) is 12.1 Å². The average Bonchev–Trinajstić information content (AvgIpc) is 3.50. The molecule has 1 aliphatic heterocycles. The molecule has 2 aromatic heterocycles. The van der Waals surface area contributed by atoms with Crippen molar-refractivity contribution in [1.82, 2.24) is 15.2 Å². The summed E-state index contributed by atoms with van der Waals surface area (Å²) in [5.41, 5.74) is 0.980. The van der Waals surface area contributed by atoms with Crippen LogP contribution in [0.2, 0.25) is 5.02 Å². The van der Waals surface area contributed by atoms with E-state index in [9.17, 15) is 0 Å². The molecule has 3 aromatic rings. The molecule has 2 fully saturated rings. The lowest BCUT2D eigenvalue weighted by Gasteiger charge is -2.31. The second-order valence-electron chi connectivity index (χ2n) is 7.68. The summed E-state index contributed by atoms with van der Waals surface area (Å²) in [4.78, 5) is 8.06. The number of nitrogens with one attached hydrogen (secondary N) is 1. The minimum Gasteiger partial charge on any atom is -0.452 e. The molecule has 1 aromatic carbocycles. The number of hydrogen-bond acceptors (Lipinski definition) is 4. The van der Waals surface area contributed by atoms with Crippen molar-refractivity contribution in [3.8, 4) is 0 Å². The Kier molecular flexibility index (Phi) is 5.72. The zero-order valence-corrected chi connectivity index (χ0v) is 18.7. The van der Waals surface area contributed by atoms with Crippen molar-refractivity contribution in [1.29, 1.82) is 0 Å². The fourth-order valence-corrected chi connectivity index (χ4v) is 5.71. The summed E-state index contributed by atoms with van der Waals surface area (Å²) in [6, 6.07) is 18.3. The second kappa shape index (κ2) is 8.61. The number of nitrogens with zero attached hydrogens (tertiary/aromatic N) is 2. The van der Waals surface area contributed by atoms with Gasteiger partial charge >= 0.3 is 0 Å². The highest BCUT2D eigenvalue weighted by Gasteiger charge is 2.45. The minimum absolute atomic E-state index is 0.00457. The molecule has 1 saturated carbocycles. The highest BCUT2D eigenvalue weighted by molar-refractivity contribution is 7.99. The predicted molar refractivity (Wildman–Crippen MR) is 124 cm³/mol. The smallest absolute Gasteiger partial charge is 0.170 e. The Morgan fingerprint density at radius 1 is 1.07 bits per heavy atom. The maximum atomic E-state index is 6.35. The summed E-state index contributed by atoms with van der Waals surface area (Å²) in [5.74, 6) is 0.918. The van der Waals surface area contributed by atoms with Crippen LogP contribution in [0.4, 0.5) is 0 Å². The van der Waals surface area contributed by atoms with E-state index in [0.29, 0.717) is 6.04 Å². The van der Waals surface area contributed by atoms with Gasteiger partial charge in [-0.1, -0.05) is 42.3 Å². The van der Waals surface area contributed by atoms with Crippen molar-refractivity contribution in [3.05, 3.63) is 77.3 Å². The first-order chi connectivity index (χ1) is 14.7. The quantitative estimate of drug-likeness (QED) is 0.449. The van der Waals surface area contributed by atoms with Gasteiger partial charge in [-0.15, -0.1) is 0 Å². The van der Waals surface area contributed by atoms with E-state index < -0.39 is 0 Å². The van der Waals surface area contributed by atoms with Crippen LogP contribution in [0.25, 0.3) is 0 Å². The van der Waals surface area contributed by atoms with Crippen LogP contribution < -0.4 is 5.32 Å². The van der Waals surface area contributed by atoms with Crippen LogP contribution >= 0.6 is 35.6 Å². The Balaban J connectivity index is 1.47. The van der Waals surface area contributed by atoms with Gasteiger partial charge in [0.15, 0.2) is 10.2 Å². The number of thiocarbonyl (C=S) groups is 1. The molecule has 30 heavy (non-hydrogen) atoms. The first kappa shape index (κ1) is 19.9. The third-order valence-corrected chi connectivity index (χ3v) is 7.29. The second-order valence-corrected chi connectivity index (χ2v) is 9.59. The molecule has 1 N–H and O–H groups in total. The van der Waals surface area contributed by atoms with E-state index in [4.69, 9.17) is 28.2 Å². The largest absolute Gasteiger partial charge is 0.452 e. The lowest BCUT2D eigenvalue weighted by Crippen LogP contribution is -2.37. The van der Waals surface area contributed by atoms with Crippen LogP contribution in [-0.4, -0.2) is 21.0 Å². The van der Waals surface area contributed by atoms with Gasteiger partial charge in [-0.2, -0.15) is 0 Å². The molecule has 1 aliphatic carbocycles. The predicted octanol–water partition coefficient (Wildman–Crippen LogP) is 6.39. The Hall–Kier alpha value is -2.02. The summed E-state index contributed by atoms with van der Waals surface area (Å²) >= 11 is 13.4. The first-order valence-corrected chi connectivity index (χ1v) is 11.8. The van der Waals surface area contributed by atoms with E-state index in [0.717, 1.165) is 31.6 Å².